The minimum atomic E-state index is -0.00958. The van der Waals surface area contributed by atoms with E-state index in [0.717, 1.165) is 18.6 Å². The van der Waals surface area contributed by atoms with Gasteiger partial charge in [-0.25, -0.2) is 0 Å². The van der Waals surface area contributed by atoms with Gasteiger partial charge in [-0.3, -0.25) is 0 Å². The van der Waals surface area contributed by atoms with Crippen LogP contribution in [0, 0.1) is 0 Å². The van der Waals surface area contributed by atoms with Crippen molar-refractivity contribution in [3.05, 3.63) is 28.8 Å². The number of hydrogen-bond acceptors (Lipinski definition) is 3. The fourth-order valence-electron chi connectivity index (χ4n) is 1.25. The molecule has 0 saturated heterocycles. The van der Waals surface area contributed by atoms with Crippen LogP contribution in [0.15, 0.2) is 18.2 Å². The number of hydrogen-bond donors (Lipinski definition) is 1. The second kappa shape index (κ2) is 7.49. The Kier molecular flexibility index (Phi) is 6.23. The van der Waals surface area contributed by atoms with E-state index in [1.807, 2.05) is 6.92 Å². The summed E-state index contributed by atoms with van der Waals surface area (Å²) in [5.41, 5.74) is 0.784. The number of halogens is 1. The molecule has 0 aromatic heterocycles. The van der Waals surface area contributed by atoms with Gasteiger partial charge in [0.05, 0.1) is 18.2 Å². The van der Waals surface area contributed by atoms with E-state index >= 15 is 0 Å². The monoisotopic (exact) mass is 244 g/mol. The first-order valence-electron chi connectivity index (χ1n) is 5.37. The molecular formula is C12H17ClO3. The first-order valence-corrected chi connectivity index (χ1v) is 5.75. The van der Waals surface area contributed by atoms with Crippen molar-refractivity contribution in [2.75, 3.05) is 19.8 Å². The molecule has 3 nitrogen and oxygen atoms in total. The van der Waals surface area contributed by atoms with Gasteiger partial charge in [0.2, 0.25) is 0 Å². The van der Waals surface area contributed by atoms with E-state index in [1.165, 1.54) is 0 Å². The molecule has 90 valence electrons. The Labute approximate surface area is 101 Å². The first kappa shape index (κ1) is 13.3. The van der Waals surface area contributed by atoms with Crippen LogP contribution in [0.5, 0.6) is 5.75 Å². The van der Waals surface area contributed by atoms with Gasteiger partial charge in [0.1, 0.15) is 5.75 Å². The van der Waals surface area contributed by atoms with Gasteiger partial charge in [0.15, 0.2) is 0 Å². The zero-order chi connectivity index (χ0) is 11.8. The van der Waals surface area contributed by atoms with Gasteiger partial charge >= 0.3 is 0 Å². The van der Waals surface area contributed by atoms with Gasteiger partial charge in [0, 0.05) is 19.6 Å². The van der Waals surface area contributed by atoms with Crippen molar-refractivity contribution in [1.29, 1.82) is 0 Å². The molecule has 1 aromatic rings. The van der Waals surface area contributed by atoms with Gasteiger partial charge in [-0.15, -0.1) is 0 Å². The van der Waals surface area contributed by atoms with Gasteiger partial charge in [0.25, 0.3) is 0 Å². The first-order chi connectivity index (χ1) is 7.77. The van der Waals surface area contributed by atoms with Crippen LogP contribution in [-0.2, 0) is 11.3 Å². The number of benzene rings is 1. The molecule has 1 rings (SSSR count). The van der Waals surface area contributed by atoms with E-state index in [9.17, 15) is 0 Å². The molecule has 0 atom stereocenters. The molecule has 0 aliphatic rings. The molecule has 4 heteroatoms. The third-order valence-corrected chi connectivity index (χ3v) is 2.37. The van der Waals surface area contributed by atoms with E-state index in [4.69, 9.17) is 26.2 Å². The van der Waals surface area contributed by atoms with E-state index in [-0.39, 0.29) is 6.61 Å². The Hall–Kier alpha value is -0.770. The van der Waals surface area contributed by atoms with Crippen molar-refractivity contribution < 1.29 is 14.6 Å². The molecule has 0 radical (unpaired) electrons. The molecule has 1 N–H and O–H groups in total. The molecule has 1 aromatic carbocycles. The van der Waals surface area contributed by atoms with Gasteiger partial charge < -0.3 is 14.6 Å². The highest BCUT2D eigenvalue weighted by Crippen LogP contribution is 2.25. The number of aliphatic hydroxyl groups excluding tert-OH is 1. The maximum absolute atomic E-state index is 8.91. The van der Waals surface area contributed by atoms with Gasteiger partial charge in [-0.05, 0) is 24.6 Å². The Morgan fingerprint density at radius 3 is 2.75 bits per heavy atom. The molecule has 0 spiro atoms. The fraction of sp³-hybridized carbons (Fsp3) is 0.500. The minimum absolute atomic E-state index is 0.00958. The normalized spacial score (nSPS) is 10.4. The molecular weight excluding hydrogens is 228 g/mol. The maximum Gasteiger partial charge on any atom is 0.137 e. The predicted octanol–water partition coefficient (Wildman–Crippen LogP) is 2.64. The third kappa shape index (κ3) is 4.39. The molecule has 0 saturated carbocycles. The van der Waals surface area contributed by atoms with Crippen LogP contribution in [0.3, 0.4) is 0 Å². The summed E-state index contributed by atoms with van der Waals surface area (Å²) in [7, 11) is 0. The van der Waals surface area contributed by atoms with E-state index in [2.05, 4.69) is 0 Å². The fourth-order valence-corrected chi connectivity index (χ4v) is 1.50. The average molecular weight is 245 g/mol. The van der Waals surface area contributed by atoms with E-state index in [1.54, 1.807) is 18.2 Å². The van der Waals surface area contributed by atoms with Crippen LogP contribution >= 0.6 is 11.6 Å². The SMILES string of the molecule is CCOCCCOc1ccc(CO)cc1Cl. The van der Waals surface area contributed by atoms with Crippen molar-refractivity contribution in [2.24, 2.45) is 0 Å². The zero-order valence-electron chi connectivity index (χ0n) is 9.41. The lowest BCUT2D eigenvalue weighted by Gasteiger charge is -2.08. The third-order valence-electron chi connectivity index (χ3n) is 2.07. The summed E-state index contributed by atoms with van der Waals surface area (Å²) in [6.07, 6.45) is 0.839. The average Bonchev–Trinajstić information content (AvgIpc) is 2.30. The smallest absolute Gasteiger partial charge is 0.137 e. The maximum atomic E-state index is 8.91. The zero-order valence-corrected chi connectivity index (χ0v) is 10.2. The number of ether oxygens (including phenoxy) is 2. The molecule has 0 bridgehead atoms. The van der Waals surface area contributed by atoms with Crippen molar-refractivity contribution in [3.8, 4) is 5.75 Å². The molecule has 0 heterocycles. The molecule has 0 amide bonds. The van der Waals surface area contributed by atoms with Crippen LogP contribution in [0.1, 0.15) is 18.9 Å². The summed E-state index contributed by atoms with van der Waals surface area (Å²) >= 11 is 5.98. The van der Waals surface area contributed by atoms with Gasteiger partial charge in [-0.2, -0.15) is 0 Å². The standard InChI is InChI=1S/C12H17ClO3/c1-2-15-6-3-7-16-12-5-4-10(9-14)8-11(12)13/h4-5,8,14H,2-3,6-7,9H2,1H3. The summed E-state index contributed by atoms with van der Waals surface area (Å²) in [6.45, 7) is 3.96. The van der Waals surface area contributed by atoms with Gasteiger partial charge in [-0.1, -0.05) is 17.7 Å². The Bertz CT molecular complexity index is 315. The van der Waals surface area contributed by atoms with E-state index in [0.29, 0.717) is 24.0 Å². The quantitative estimate of drug-likeness (QED) is 0.750. The lowest BCUT2D eigenvalue weighted by atomic mass is 10.2. The summed E-state index contributed by atoms with van der Waals surface area (Å²) in [4.78, 5) is 0. The molecule has 16 heavy (non-hydrogen) atoms. The molecule has 0 fully saturated rings. The second-order valence-electron chi connectivity index (χ2n) is 3.32. The van der Waals surface area contributed by atoms with Crippen molar-refractivity contribution >= 4 is 11.6 Å². The van der Waals surface area contributed by atoms with Crippen molar-refractivity contribution in [3.63, 3.8) is 0 Å². The molecule has 0 unspecified atom stereocenters. The number of aliphatic hydroxyl groups is 1. The summed E-state index contributed by atoms with van der Waals surface area (Å²) in [6, 6.07) is 5.28. The highest BCUT2D eigenvalue weighted by atomic mass is 35.5. The second-order valence-corrected chi connectivity index (χ2v) is 3.73. The minimum Gasteiger partial charge on any atom is -0.492 e. The van der Waals surface area contributed by atoms with Crippen LogP contribution in [0.25, 0.3) is 0 Å². The van der Waals surface area contributed by atoms with E-state index < -0.39 is 0 Å². The van der Waals surface area contributed by atoms with Crippen LogP contribution in [0.2, 0.25) is 5.02 Å². The Morgan fingerprint density at radius 2 is 2.12 bits per heavy atom. The van der Waals surface area contributed by atoms with Crippen molar-refractivity contribution in [2.45, 2.75) is 20.0 Å². The summed E-state index contributed by atoms with van der Waals surface area (Å²) < 4.78 is 10.7. The lowest BCUT2D eigenvalue weighted by Crippen LogP contribution is -2.03. The highest BCUT2D eigenvalue weighted by molar-refractivity contribution is 6.32. The summed E-state index contributed by atoms with van der Waals surface area (Å²) in [5.74, 6) is 0.648. The molecule has 0 aliphatic carbocycles. The number of rotatable bonds is 7. The highest BCUT2D eigenvalue weighted by Gasteiger charge is 2.02. The Morgan fingerprint density at radius 1 is 1.31 bits per heavy atom. The molecule has 0 aliphatic heterocycles. The summed E-state index contributed by atoms with van der Waals surface area (Å²) in [5, 5.41) is 9.44. The van der Waals surface area contributed by atoms with Crippen LogP contribution in [0.4, 0.5) is 0 Å². The van der Waals surface area contributed by atoms with Crippen molar-refractivity contribution in [1.82, 2.24) is 0 Å². The predicted molar refractivity (Wildman–Crippen MR) is 64.0 cm³/mol. The Balaban J connectivity index is 2.36. The lowest BCUT2D eigenvalue weighted by molar-refractivity contribution is 0.131. The van der Waals surface area contributed by atoms with Crippen LogP contribution < -0.4 is 4.74 Å². The largest absolute Gasteiger partial charge is 0.492 e. The topological polar surface area (TPSA) is 38.7 Å². The van der Waals surface area contributed by atoms with Crippen LogP contribution in [-0.4, -0.2) is 24.9 Å².